The van der Waals surface area contributed by atoms with Crippen molar-refractivity contribution in [3.05, 3.63) is 34.9 Å². The van der Waals surface area contributed by atoms with Crippen molar-refractivity contribution in [3.8, 4) is 0 Å². The third-order valence-corrected chi connectivity index (χ3v) is 3.33. The minimum Gasteiger partial charge on any atom is -0.349 e. The Bertz CT molecular complexity index is 429. The minimum absolute atomic E-state index is 0.104. The maximum absolute atomic E-state index is 12.0. The Morgan fingerprint density at radius 1 is 1.22 bits per heavy atom. The van der Waals surface area contributed by atoms with Crippen molar-refractivity contribution in [3.63, 3.8) is 0 Å². The van der Waals surface area contributed by atoms with Crippen LogP contribution in [-0.4, -0.2) is 5.91 Å². The number of nitrogens with one attached hydrogen (secondary N) is 1. The first-order valence-corrected chi connectivity index (χ1v) is 6.63. The summed E-state index contributed by atoms with van der Waals surface area (Å²) in [5.74, 6) is 0.104. The van der Waals surface area contributed by atoms with Gasteiger partial charge in [-0.25, -0.2) is 0 Å². The van der Waals surface area contributed by atoms with Crippen LogP contribution in [0.1, 0.15) is 56.8 Å². The predicted molar refractivity (Wildman–Crippen MR) is 76.5 cm³/mol. The van der Waals surface area contributed by atoms with E-state index in [4.69, 9.17) is 0 Å². The lowest BCUT2D eigenvalue weighted by Crippen LogP contribution is -2.37. The van der Waals surface area contributed by atoms with Gasteiger partial charge >= 0.3 is 0 Å². The zero-order valence-electron chi connectivity index (χ0n) is 12.4. The zero-order valence-corrected chi connectivity index (χ0v) is 12.4. The number of benzene rings is 1. The Labute approximate surface area is 111 Å². The van der Waals surface area contributed by atoms with E-state index >= 15 is 0 Å². The van der Waals surface area contributed by atoms with Crippen LogP contribution in [0.5, 0.6) is 0 Å². The molecule has 1 N–H and O–H groups in total. The van der Waals surface area contributed by atoms with Gasteiger partial charge in [0.25, 0.3) is 0 Å². The van der Waals surface area contributed by atoms with Gasteiger partial charge in [-0.15, -0.1) is 0 Å². The molecule has 2 heteroatoms. The summed E-state index contributed by atoms with van der Waals surface area (Å²) in [6, 6.07) is 6.51. The molecule has 1 aromatic rings. The zero-order chi connectivity index (χ0) is 13.9. The Hall–Kier alpha value is -1.31. The van der Waals surface area contributed by atoms with Gasteiger partial charge in [-0.2, -0.15) is 0 Å². The van der Waals surface area contributed by atoms with Gasteiger partial charge in [-0.3, -0.25) is 4.79 Å². The SMILES string of the molecule is CC[C@@H](NC(=O)C(C)(C)C)c1ccc(C)c(C)c1. The average molecular weight is 247 g/mol. The quantitative estimate of drug-likeness (QED) is 0.862. The summed E-state index contributed by atoms with van der Waals surface area (Å²) in [7, 11) is 0. The van der Waals surface area contributed by atoms with E-state index < -0.39 is 0 Å². The summed E-state index contributed by atoms with van der Waals surface area (Å²) >= 11 is 0. The molecule has 0 aliphatic heterocycles. The molecule has 0 bridgehead atoms. The van der Waals surface area contributed by atoms with Crippen LogP contribution in [0.3, 0.4) is 0 Å². The van der Waals surface area contributed by atoms with Gasteiger partial charge in [0.1, 0.15) is 0 Å². The van der Waals surface area contributed by atoms with E-state index in [0.717, 1.165) is 6.42 Å². The highest BCUT2D eigenvalue weighted by Gasteiger charge is 2.24. The molecule has 1 aromatic carbocycles. The Kier molecular flexibility index (Phi) is 4.55. The van der Waals surface area contributed by atoms with Crippen LogP contribution in [0.25, 0.3) is 0 Å². The smallest absolute Gasteiger partial charge is 0.225 e. The standard InChI is InChI=1S/C16H25NO/c1-7-14(17-15(18)16(4,5)6)13-9-8-11(2)12(3)10-13/h8-10,14H,7H2,1-6H3,(H,17,18)/t14-/m1/s1. The monoisotopic (exact) mass is 247 g/mol. The van der Waals surface area contributed by atoms with Crippen molar-refractivity contribution < 1.29 is 4.79 Å². The second-order valence-electron chi connectivity index (χ2n) is 6.03. The normalized spacial score (nSPS) is 13.2. The van der Waals surface area contributed by atoms with E-state index in [-0.39, 0.29) is 17.4 Å². The highest BCUT2D eigenvalue weighted by atomic mass is 16.2. The maximum atomic E-state index is 12.0. The third-order valence-electron chi connectivity index (χ3n) is 3.33. The molecule has 0 saturated heterocycles. The molecule has 18 heavy (non-hydrogen) atoms. The number of hydrogen-bond acceptors (Lipinski definition) is 1. The average Bonchev–Trinajstić information content (AvgIpc) is 2.28. The van der Waals surface area contributed by atoms with Crippen molar-refractivity contribution in [2.45, 2.75) is 54.0 Å². The number of hydrogen-bond donors (Lipinski definition) is 1. The maximum Gasteiger partial charge on any atom is 0.225 e. The van der Waals surface area contributed by atoms with E-state index in [0.29, 0.717) is 0 Å². The van der Waals surface area contributed by atoms with Crippen molar-refractivity contribution >= 4 is 5.91 Å². The van der Waals surface area contributed by atoms with Gasteiger partial charge in [0.15, 0.2) is 0 Å². The molecule has 0 fully saturated rings. The van der Waals surface area contributed by atoms with Gasteiger partial charge in [-0.05, 0) is 37.0 Å². The van der Waals surface area contributed by atoms with Gasteiger partial charge in [0, 0.05) is 5.41 Å². The summed E-state index contributed by atoms with van der Waals surface area (Å²) in [5, 5.41) is 3.13. The first-order chi connectivity index (χ1) is 8.25. The molecule has 100 valence electrons. The summed E-state index contributed by atoms with van der Waals surface area (Å²) < 4.78 is 0. The van der Waals surface area contributed by atoms with E-state index in [9.17, 15) is 4.79 Å². The second kappa shape index (κ2) is 5.55. The number of amides is 1. The van der Waals surface area contributed by atoms with E-state index in [1.807, 2.05) is 20.8 Å². The summed E-state index contributed by atoms with van der Waals surface area (Å²) in [6.07, 6.45) is 0.907. The van der Waals surface area contributed by atoms with Crippen molar-refractivity contribution in [2.75, 3.05) is 0 Å². The van der Waals surface area contributed by atoms with E-state index in [1.54, 1.807) is 0 Å². The fourth-order valence-electron chi connectivity index (χ4n) is 1.78. The van der Waals surface area contributed by atoms with Crippen molar-refractivity contribution in [2.24, 2.45) is 5.41 Å². The Morgan fingerprint density at radius 2 is 1.83 bits per heavy atom. The van der Waals surface area contributed by atoms with Crippen LogP contribution >= 0.6 is 0 Å². The molecule has 2 nitrogen and oxygen atoms in total. The number of rotatable bonds is 3. The molecule has 0 saturated carbocycles. The van der Waals surface area contributed by atoms with Crippen molar-refractivity contribution in [1.82, 2.24) is 5.32 Å². The molecule has 1 amide bonds. The number of carbonyl (C=O) groups is 1. The lowest BCUT2D eigenvalue weighted by Gasteiger charge is -2.24. The van der Waals surface area contributed by atoms with Crippen LogP contribution in [0.2, 0.25) is 0 Å². The van der Waals surface area contributed by atoms with Gasteiger partial charge < -0.3 is 5.32 Å². The van der Waals surface area contributed by atoms with Crippen LogP contribution in [0.15, 0.2) is 18.2 Å². The fourth-order valence-corrected chi connectivity index (χ4v) is 1.78. The molecule has 0 aromatic heterocycles. The number of aryl methyl sites for hydroxylation is 2. The van der Waals surface area contributed by atoms with Gasteiger partial charge in [0.2, 0.25) is 5.91 Å². The summed E-state index contributed by atoms with van der Waals surface area (Å²) in [4.78, 5) is 12.0. The second-order valence-corrected chi connectivity index (χ2v) is 6.03. The molecule has 0 heterocycles. The summed E-state index contributed by atoms with van der Waals surface area (Å²) in [6.45, 7) is 12.1. The van der Waals surface area contributed by atoms with Crippen LogP contribution < -0.4 is 5.32 Å². The molecule has 0 unspecified atom stereocenters. The van der Waals surface area contributed by atoms with E-state index in [2.05, 4.69) is 44.3 Å². The molecular formula is C16H25NO. The molecule has 0 aliphatic rings. The largest absolute Gasteiger partial charge is 0.349 e. The predicted octanol–water partition coefficient (Wildman–Crippen LogP) is 3.92. The molecule has 0 aliphatic carbocycles. The molecule has 0 spiro atoms. The topological polar surface area (TPSA) is 29.1 Å². The lowest BCUT2D eigenvalue weighted by atomic mass is 9.93. The highest BCUT2D eigenvalue weighted by molar-refractivity contribution is 5.81. The highest BCUT2D eigenvalue weighted by Crippen LogP contribution is 2.22. The molecule has 1 atom stereocenters. The first kappa shape index (κ1) is 14.7. The van der Waals surface area contributed by atoms with Gasteiger partial charge in [0.05, 0.1) is 6.04 Å². The molecular weight excluding hydrogens is 222 g/mol. The third kappa shape index (κ3) is 3.59. The lowest BCUT2D eigenvalue weighted by molar-refractivity contribution is -0.129. The molecule has 1 rings (SSSR count). The summed E-state index contributed by atoms with van der Waals surface area (Å²) in [5.41, 5.74) is 3.41. The van der Waals surface area contributed by atoms with Crippen LogP contribution in [0, 0.1) is 19.3 Å². The molecule has 0 radical (unpaired) electrons. The first-order valence-electron chi connectivity index (χ1n) is 6.63. The van der Waals surface area contributed by atoms with E-state index in [1.165, 1.54) is 16.7 Å². The van der Waals surface area contributed by atoms with Crippen LogP contribution in [0.4, 0.5) is 0 Å². The fraction of sp³-hybridized carbons (Fsp3) is 0.562. The Morgan fingerprint density at radius 3 is 2.28 bits per heavy atom. The minimum atomic E-state index is -0.340. The van der Waals surface area contributed by atoms with Crippen molar-refractivity contribution in [1.29, 1.82) is 0 Å². The Balaban J connectivity index is 2.90. The van der Waals surface area contributed by atoms with Gasteiger partial charge in [-0.1, -0.05) is 45.9 Å². The van der Waals surface area contributed by atoms with Crippen LogP contribution in [-0.2, 0) is 4.79 Å². The number of carbonyl (C=O) groups excluding carboxylic acids is 1.